The van der Waals surface area contributed by atoms with Crippen molar-refractivity contribution in [2.45, 2.75) is 39.3 Å². The van der Waals surface area contributed by atoms with Crippen LogP contribution in [0.15, 0.2) is 17.5 Å². The molecule has 3 heterocycles. The van der Waals surface area contributed by atoms with E-state index >= 15 is 0 Å². The van der Waals surface area contributed by atoms with Gasteiger partial charge in [-0.25, -0.2) is 4.79 Å². The van der Waals surface area contributed by atoms with Crippen LogP contribution in [-0.2, 0) is 17.7 Å². The first-order chi connectivity index (χ1) is 11.3. The predicted molar refractivity (Wildman–Crippen MR) is 91.2 cm³/mol. The van der Waals surface area contributed by atoms with Crippen molar-refractivity contribution in [3.05, 3.63) is 33.6 Å². The standard InChI is InChI=1S/C16H20N4O3S/c1-16(2,3)23-15(22)20-7-6-11-10(9-20)13(19-18-11)17-14(21)12-5-4-8-24-12/h4-5,8H,6-7,9H2,1-3H3,(H2,17,18,19,21). The first kappa shape index (κ1) is 16.5. The van der Waals surface area contributed by atoms with E-state index in [9.17, 15) is 9.59 Å². The number of fused-ring (bicyclic) bond motifs is 1. The summed E-state index contributed by atoms with van der Waals surface area (Å²) in [5, 5.41) is 11.8. The third-order valence-corrected chi connectivity index (χ3v) is 4.43. The lowest BCUT2D eigenvalue weighted by molar-refractivity contribution is 0.0224. The van der Waals surface area contributed by atoms with E-state index in [1.165, 1.54) is 11.3 Å². The monoisotopic (exact) mass is 348 g/mol. The van der Waals surface area contributed by atoms with Gasteiger partial charge in [-0.15, -0.1) is 11.3 Å². The Balaban J connectivity index is 1.73. The summed E-state index contributed by atoms with van der Waals surface area (Å²) in [4.78, 5) is 26.7. The van der Waals surface area contributed by atoms with Crippen LogP contribution in [0, 0.1) is 0 Å². The number of nitrogens with zero attached hydrogens (tertiary/aromatic N) is 2. The van der Waals surface area contributed by atoms with Gasteiger partial charge in [-0.05, 0) is 32.2 Å². The van der Waals surface area contributed by atoms with Crippen LogP contribution in [0.4, 0.5) is 10.6 Å². The van der Waals surface area contributed by atoms with Crippen LogP contribution in [0.2, 0.25) is 0 Å². The van der Waals surface area contributed by atoms with Gasteiger partial charge in [0.2, 0.25) is 0 Å². The van der Waals surface area contributed by atoms with Gasteiger partial charge in [-0.3, -0.25) is 9.89 Å². The summed E-state index contributed by atoms with van der Waals surface area (Å²) in [7, 11) is 0. The van der Waals surface area contributed by atoms with Crippen LogP contribution in [0.1, 0.15) is 41.7 Å². The number of ether oxygens (including phenoxy) is 1. The van der Waals surface area contributed by atoms with Gasteiger partial charge in [0.05, 0.1) is 11.4 Å². The van der Waals surface area contributed by atoms with E-state index in [0.717, 1.165) is 11.3 Å². The van der Waals surface area contributed by atoms with Crippen molar-refractivity contribution in [1.82, 2.24) is 15.1 Å². The lowest BCUT2D eigenvalue weighted by Crippen LogP contribution is -2.40. The molecule has 0 unspecified atom stereocenters. The fraction of sp³-hybridized carbons (Fsp3) is 0.438. The minimum atomic E-state index is -0.538. The number of hydrogen-bond donors (Lipinski definition) is 2. The van der Waals surface area contributed by atoms with Gasteiger partial charge in [0.1, 0.15) is 5.60 Å². The van der Waals surface area contributed by atoms with Crippen molar-refractivity contribution in [2.24, 2.45) is 0 Å². The maximum atomic E-state index is 12.3. The van der Waals surface area contributed by atoms with Crippen LogP contribution >= 0.6 is 11.3 Å². The summed E-state index contributed by atoms with van der Waals surface area (Å²) in [6, 6.07) is 3.58. The normalized spacial score (nSPS) is 14.2. The summed E-state index contributed by atoms with van der Waals surface area (Å²) >= 11 is 1.37. The zero-order valence-corrected chi connectivity index (χ0v) is 14.7. The lowest BCUT2D eigenvalue weighted by Gasteiger charge is -2.30. The SMILES string of the molecule is CC(C)(C)OC(=O)N1CCc2[nH]nc(NC(=O)c3cccs3)c2C1. The van der Waals surface area contributed by atoms with E-state index in [1.807, 2.05) is 32.2 Å². The summed E-state index contributed by atoms with van der Waals surface area (Å²) < 4.78 is 5.42. The highest BCUT2D eigenvalue weighted by molar-refractivity contribution is 7.12. The Morgan fingerprint density at radius 1 is 1.42 bits per heavy atom. The van der Waals surface area contributed by atoms with Crippen LogP contribution in [0.5, 0.6) is 0 Å². The molecule has 1 aliphatic rings. The molecule has 3 rings (SSSR count). The maximum Gasteiger partial charge on any atom is 0.410 e. The number of aromatic amines is 1. The molecule has 0 radical (unpaired) electrons. The number of carbonyl (C=O) groups excluding carboxylic acids is 2. The minimum Gasteiger partial charge on any atom is -0.444 e. The molecular formula is C16H20N4O3S. The second-order valence-electron chi connectivity index (χ2n) is 6.61. The Kier molecular flexibility index (Phi) is 4.31. The average Bonchev–Trinajstić information content (AvgIpc) is 3.15. The van der Waals surface area contributed by atoms with Crippen molar-refractivity contribution >= 4 is 29.2 Å². The van der Waals surface area contributed by atoms with Crippen LogP contribution in [0.25, 0.3) is 0 Å². The predicted octanol–water partition coefficient (Wildman–Crippen LogP) is 3.02. The van der Waals surface area contributed by atoms with Crippen LogP contribution in [0.3, 0.4) is 0 Å². The quantitative estimate of drug-likeness (QED) is 0.873. The van der Waals surface area contributed by atoms with Gasteiger partial charge in [0, 0.05) is 24.2 Å². The number of nitrogens with one attached hydrogen (secondary N) is 2. The van der Waals surface area contributed by atoms with E-state index < -0.39 is 5.60 Å². The Morgan fingerprint density at radius 2 is 2.21 bits per heavy atom. The van der Waals surface area contributed by atoms with Gasteiger partial charge in [0.25, 0.3) is 5.91 Å². The molecule has 0 fully saturated rings. The first-order valence-corrected chi connectivity index (χ1v) is 8.60. The summed E-state index contributed by atoms with van der Waals surface area (Å²) in [5.41, 5.74) is 1.23. The summed E-state index contributed by atoms with van der Waals surface area (Å²) in [6.07, 6.45) is 0.293. The van der Waals surface area contributed by atoms with Gasteiger partial charge in [-0.2, -0.15) is 5.10 Å². The van der Waals surface area contributed by atoms with Gasteiger partial charge >= 0.3 is 6.09 Å². The Bertz CT molecular complexity index is 746. The summed E-state index contributed by atoms with van der Waals surface area (Å²) in [6.45, 7) is 6.43. The third-order valence-electron chi connectivity index (χ3n) is 3.56. The number of H-pyrrole nitrogens is 1. The van der Waals surface area contributed by atoms with E-state index in [0.29, 0.717) is 30.2 Å². The molecule has 0 saturated heterocycles. The molecule has 0 saturated carbocycles. The van der Waals surface area contributed by atoms with Gasteiger partial charge < -0.3 is 15.0 Å². The van der Waals surface area contributed by atoms with Crippen molar-refractivity contribution in [3.63, 3.8) is 0 Å². The molecule has 0 spiro atoms. The number of thiophene rings is 1. The molecule has 2 aromatic rings. The molecule has 2 N–H and O–H groups in total. The van der Waals surface area contributed by atoms with E-state index in [1.54, 1.807) is 11.0 Å². The molecule has 24 heavy (non-hydrogen) atoms. The number of carbonyl (C=O) groups is 2. The van der Waals surface area contributed by atoms with Crippen LogP contribution in [-0.4, -0.2) is 39.2 Å². The topological polar surface area (TPSA) is 87.3 Å². The fourth-order valence-electron chi connectivity index (χ4n) is 2.46. The minimum absolute atomic E-state index is 0.200. The van der Waals surface area contributed by atoms with E-state index in [2.05, 4.69) is 15.5 Å². The molecule has 2 amide bonds. The molecule has 0 aromatic carbocycles. The first-order valence-electron chi connectivity index (χ1n) is 7.72. The fourth-order valence-corrected chi connectivity index (χ4v) is 3.08. The highest BCUT2D eigenvalue weighted by atomic mass is 32.1. The van der Waals surface area contributed by atoms with Crippen molar-refractivity contribution < 1.29 is 14.3 Å². The largest absolute Gasteiger partial charge is 0.444 e. The molecule has 1 aliphatic heterocycles. The van der Waals surface area contributed by atoms with Crippen molar-refractivity contribution in [1.29, 1.82) is 0 Å². The third kappa shape index (κ3) is 3.59. The molecule has 128 valence electrons. The lowest BCUT2D eigenvalue weighted by atomic mass is 10.1. The zero-order valence-electron chi connectivity index (χ0n) is 13.9. The van der Waals surface area contributed by atoms with E-state index in [4.69, 9.17) is 4.74 Å². The molecule has 0 bridgehead atoms. The van der Waals surface area contributed by atoms with Crippen molar-refractivity contribution in [3.8, 4) is 0 Å². The molecule has 2 aromatic heterocycles. The number of aromatic nitrogens is 2. The Hall–Kier alpha value is -2.35. The molecule has 0 atom stereocenters. The highest BCUT2D eigenvalue weighted by Gasteiger charge is 2.29. The molecule has 8 heteroatoms. The zero-order chi connectivity index (χ0) is 17.3. The maximum absolute atomic E-state index is 12.3. The highest BCUT2D eigenvalue weighted by Crippen LogP contribution is 2.26. The second-order valence-corrected chi connectivity index (χ2v) is 7.56. The van der Waals surface area contributed by atoms with Crippen LogP contribution < -0.4 is 5.32 Å². The molecule has 0 aliphatic carbocycles. The number of rotatable bonds is 2. The number of anilines is 1. The number of amides is 2. The van der Waals surface area contributed by atoms with Gasteiger partial charge in [0.15, 0.2) is 5.82 Å². The van der Waals surface area contributed by atoms with Crippen molar-refractivity contribution in [2.75, 3.05) is 11.9 Å². The summed E-state index contributed by atoms with van der Waals surface area (Å²) in [5.74, 6) is 0.269. The Morgan fingerprint density at radius 3 is 2.88 bits per heavy atom. The number of hydrogen-bond acceptors (Lipinski definition) is 5. The second kappa shape index (κ2) is 6.27. The smallest absolute Gasteiger partial charge is 0.410 e. The van der Waals surface area contributed by atoms with Gasteiger partial charge in [-0.1, -0.05) is 6.07 Å². The molecule has 7 nitrogen and oxygen atoms in total. The average molecular weight is 348 g/mol. The molecular weight excluding hydrogens is 328 g/mol. The Labute approximate surface area is 144 Å². The van der Waals surface area contributed by atoms with E-state index in [-0.39, 0.29) is 12.0 Å².